The van der Waals surface area contributed by atoms with Crippen LogP contribution in [-0.4, -0.2) is 11.8 Å². The number of hydrogen-bond donors (Lipinski definition) is 0. The fourth-order valence-electron chi connectivity index (χ4n) is 2.75. The van der Waals surface area contributed by atoms with Crippen LogP contribution < -0.4 is 0 Å². The lowest BCUT2D eigenvalue weighted by molar-refractivity contribution is -0.143. The molecule has 4 nitrogen and oxygen atoms in total. The molecule has 0 aromatic heterocycles. The number of rotatable bonds is 5. The number of halogens is 3. The molecular weight excluding hydrogens is 379 g/mol. The molecule has 0 radical (unpaired) electrons. The number of ether oxygens (including phenoxy) is 1. The van der Waals surface area contributed by atoms with E-state index in [0.717, 1.165) is 5.56 Å². The van der Waals surface area contributed by atoms with Gasteiger partial charge in [0.1, 0.15) is 11.4 Å². The van der Waals surface area contributed by atoms with Gasteiger partial charge in [-0.1, -0.05) is 54.6 Å². The summed E-state index contributed by atoms with van der Waals surface area (Å²) in [5, 5.41) is 9.13. The lowest BCUT2D eigenvalue weighted by Gasteiger charge is -2.28. The highest BCUT2D eigenvalue weighted by Crippen LogP contribution is 2.45. The molecule has 0 amide bonds. The summed E-state index contributed by atoms with van der Waals surface area (Å²) in [7, 11) is 0. The Bertz CT molecular complexity index is 1050. The topological polar surface area (TPSA) is 41.7 Å². The monoisotopic (exact) mass is 396 g/mol. The van der Waals surface area contributed by atoms with Crippen molar-refractivity contribution in [1.82, 2.24) is 0 Å². The largest absolute Gasteiger partial charge is 0.505 e. The third-order valence-corrected chi connectivity index (χ3v) is 4.20. The smallest absolute Gasteiger partial charge is 0.389 e. The normalized spacial score (nSPS) is 21.5. The molecule has 1 atom stereocenters. The molecule has 2 rings (SSSR count). The molecule has 1 aliphatic rings. The Morgan fingerprint density at radius 3 is 2.52 bits per heavy atom. The standard InChI is InChI=1S/C22H16F3N3O/c1-21(13-14-22(23,24)25)17(12-8-7-11-16-9-5-4-6-10-16)19(28-3)20(29-21)18(15-26)27-2/h4-12H,13-14H2,1H3/b11-7+,12-8+,20-18+/i4D. The number of alkyl halides is 3. The van der Waals surface area contributed by atoms with Gasteiger partial charge in [0.05, 0.1) is 20.6 Å². The summed E-state index contributed by atoms with van der Waals surface area (Å²) in [5.41, 5.74) is -1.13. The Kier molecular flexibility index (Phi) is 6.17. The Balaban J connectivity index is 2.44. The molecule has 146 valence electrons. The maximum absolute atomic E-state index is 12.8. The second-order valence-corrected chi connectivity index (χ2v) is 6.28. The molecule has 0 saturated carbocycles. The molecule has 1 heterocycles. The molecule has 0 saturated heterocycles. The molecule has 0 spiro atoms. The number of benzene rings is 1. The number of nitriles is 1. The molecule has 1 unspecified atom stereocenters. The maximum Gasteiger partial charge on any atom is 0.389 e. The fraction of sp³-hybridized carbons (Fsp3) is 0.227. The van der Waals surface area contributed by atoms with Gasteiger partial charge in [0.25, 0.3) is 5.70 Å². The van der Waals surface area contributed by atoms with Crippen LogP contribution in [0.3, 0.4) is 0 Å². The van der Waals surface area contributed by atoms with E-state index in [1.807, 2.05) is 0 Å². The number of nitrogens with zero attached hydrogens (tertiary/aromatic N) is 3. The first-order chi connectivity index (χ1) is 14.1. The van der Waals surface area contributed by atoms with Crippen LogP contribution in [0.2, 0.25) is 0 Å². The van der Waals surface area contributed by atoms with Crippen LogP contribution >= 0.6 is 0 Å². The SMILES string of the molecule is [2H]c1ccc(/C=C/C=C/C2=C([N+]#[C-])C(=C(/C#N)[N+]#[C-])/OC2(C)CCC(F)(F)F)cc1. The minimum absolute atomic E-state index is 0.143. The van der Waals surface area contributed by atoms with Crippen molar-refractivity contribution in [2.45, 2.75) is 31.5 Å². The third-order valence-electron chi connectivity index (χ3n) is 4.20. The molecule has 0 bridgehead atoms. The van der Waals surface area contributed by atoms with E-state index in [-0.39, 0.29) is 17.0 Å². The first-order valence-electron chi connectivity index (χ1n) is 8.95. The second kappa shape index (κ2) is 8.95. The molecular formula is C22H16F3N3O. The molecule has 7 heteroatoms. The van der Waals surface area contributed by atoms with Crippen molar-refractivity contribution < 1.29 is 19.3 Å². The van der Waals surface area contributed by atoms with Crippen LogP contribution in [0.15, 0.2) is 71.3 Å². The van der Waals surface area contributed by atoms with Crippen molar-refractivity contribution >= 4 is 6.08 Å². The van der Waals surface area contributed by atoms with Crippen molar-refractivity contribution in [3.05, 3.63) is 99.7 Å². The van der Waals surface area contributed by atoms with Crippen molar-refractivity contribution in [2.75, 3.05) is 0 Å². The van der Waals surface area contributed by atoms with Crippen molar-refractivity contribution in [1.29, 1.82) is 5.26 Å². The van der Waals surface area contributed by atoms with Gasteiger partial charge in [-0.05, 0) is 18.9 Å². The van der Waals surface area contributed by atoms with Gasteiger partial charge in [0, 0.05) is 12.0 Å². The van der Waals surface area contributed by atoms with Crippen molar-refractivity contribution in [2.24, 2.45) is 0 Å². The van der Waals surface area contributed by atoms with E-state index in [4.69, 9.17) is 24.5 Å². The van der Waals surface area contributed by atoms with Gasteiger partial charge >= 0.3 is 6.18 Å². The summed E-state index contributed by atoms with van der Waals surface area (Å²) in [5.74, 6) is -0.290. The highest BCUT2D eigenvalue weighted by Gasteiger charge is 2.44. The summed E-state index contributed by atoms with van der Waals surface area (Å²) >= 11 is 0. The number of hydrogen-bond acceptors (Lipinski definition) is 2. The minimum atomic E-state index is -4.42. The average molecular weight is 396 g/mol. The van der Waals surface area contributed by atoms with Crippen molar-refractivity contribution in [3.8, 4) is 6.07 Å². The first kappa shape index (κ1) is 20.0. The van der Waals surface area contributed by atoms with Crippen LogP contribution in [0.5, 0.6) is 0 Å². The Morgan fingerprint density at radius 2 is 1.97 bits per heavy atom. The molecule has 1 aromatic carbocycles. The van der Waals surface area contributed by atoms with Crippen LogP contribution in [0.1, 0.15) is 26.7 Å². The predicted molar refractivity (Wildman–Crippen MR) is 102 cm³/mol. The van der Waals surface area contributed by atoms with E-state index in [0.29, 0.717) is 6.04 Å². The highest BCUT2D eigenvalue weighted by atomic mass is 19.4. The second-order valence-electron chi connectivity index (χ2n) is 6.28. The molecule has 0 fully saturated rings. The quantitative estimate of drug-likeness (QED) is 0.337. The fourth-order valence-corrected chi connectivity index (χ4v) is 2.75. The zero-order valence-corrected chi connectivity index (χ0v) is 15.4. The van der Waals surface area contributed by atoms with E-state index < -0.39 is 30.3 Å². The zero-order chi connectivity index (χ0) is 22.4. The van der Waals surface area contributed by atoms with Gasteiger partial charge in [-0.15, -0.1) is 0 Å². The molecule has 1 aromatic rings. The Hall–Kier alpha value is -3.76. The van der Waals surface area contributed by atoms with Gasteiger partial charge in [0.15, 0.2) is 0 Å². The Labute approximate surface area is 168 Å². The summed E-state index contributed by atoms with van der Waals surface area (Å²) in [4.78, 5) is 6.36. The summed E-state index contributed by atoms with van der Waals surface area (Å²) < 4.78 is 51.5. The lowest BCUT2D eigenvalue weighted by atomic mass is 9.90. The summed E-state index contributed by atoms with van der Waals surface area (Å²) in [6.45, 7) is 15.9. The third kappa shape index (κ3) is 5.37. The summed E-state index contributed by atoms with van der Waals surface area (Å²) in [6.07, 6.45) is 0.349. The number of allylic oxidation sites excluding steroid dienone is 3. The molecule has 1 aliphatic heterocycles. The first-order valence-corrected chi connectivity index (χ1v) is 8.45. The van der Waals surface area contributed by atoms with Gasteiger partial charge in [0.2, 0.25) is 5.70 Å². The van der Waals surface area contributed by atoms with Crippen LogP contribution in [0.4, 0.5) is 13.2 Å². The minimum Gasteiger partial charge on any atom is -0.505 e. The maximum atomic E-state index is 12.8. The highest BCUT2D eigenvalue weighted by molar-refractivity contribution is 5.57. The van der Waals surface area contributed by atoms with E-state index in [1.165, 1.54) is 13.0 Å². The van der Waals surface area contributed by atoms with Gasteiger partial charge in [-0.3, -0.25) is 0 Å². The summed E-state index contributed by atoms with van der Waals surface area (Å²) in [6, 6.07) is 8.70. The van der Waals surface area contributed by atoms with Gasteiger partial charge < -0.3 is 4.74 Å². The molecule has 29 heavy (non-hydrogen) atoms. The van der Waals surface area contributed by atoms with Crippen LogP contribution in [0.25, 0.3) is 15.8 Å². The van der Waals surface area contributed by atoms with Crippen molar-refractivity contribution in [3.63, 3.8) is 0 Å². The van der Waals surface area contributed by atoms with Gasteiger partial charge in [-0.25, -0.2) is 15.0 Å². The molecule has 0 N–H and O–H groups in total. The predicted octanol–water partition coefficient (Wildman–Crippen LogP) is 6.22. The van der Waals surface area contributed by atoms with E-state index in [1.54, 1.807) is 48.6 Å². The zero-order valence-electron chi connectivity index (χ0n) is 16.4. The average Bonchev–Trinajstić information content (AvgIpc) is 2.98. The van der Waals surface area contributed by atoms with E-state index in [2.05, 4.69) is 9.69 Å². The van der Waals surface area contributed by atoms with Crippen LogP contribution in [-0.2, 0) is 4.74 Å². The van der Waals surface area contributed by atoms with E-state index in [9.17, 15) is 13.2 Å². The van der Waals surface area contributed by atoms with Gasteiger partial charge in [-0.2, -0.15) is 13.2 Å². The lowest BCUT2D eigenvalue weighted by Crippen LogP contribution is -2.28. The molecule has 0 aliphatic carbocycles. The Morgan fingerprint density at radius 1 is 1.31 bits per heavy atom. The van der Waals surface area contributed by atoms with E-state index >= 15 is 0 Å². The van der Waals surface area contributed by atoms with Crippen LogP contribution in [0, 0.1) is 24.5 Å².